The number of hydrogen-bond donors (Lipinski definition) is 3. The monoisotopic (exact) mass is 716 g/mol. The maximum absolute atomic E-state index is 12.3. The number of rotatable bonds is 35. The molecule has 0 bridgehead atoms. The lowest BCUT2D eigenvalue weighted by atomic mass is 10.1. The molecule has 292 valence electrons. The maximum Gasteiger partial charge on any atom is 0.220 e. The first kappa shape index (κ1) is 48.8. The first-order chi connectivity index (χ1) is 25.7. The molecule has 0 aromatic rings. The van der Waals surface area contributed by atoms with Gasteiger partial charge in [-0.1, -0.05) is 180 Å². The summed E-state index contributed by atoms with van der Waals surface area (Å²) in [5, 5.41) is 22.7. The number of aliphatic hydroxyl groups excluding tert-OH is 2. The molecule has 0 aliphatic heterocycles. The van der Waals surface area contributed by atoms with Gasteiger partial charge in [-0.15, -0.1) is 0 Å². The zero-order valence-electron chi connectivity index (χ0n) is 33.3. The van der Waals surface area contributed by atoms with Crippen LogP contribution in [0.3, 0.4) is 0 Å². The molecule has 0 fully saturated rings. The molecule has 0 aromatic carbocycles. The van der Waals surface area contributed by atoms with Gasteiger partial charge in [0.25, 0.3) is 0 Å². The Hall–Kier alpha value is -3.21. The summed E-state index contributed by atoms with van der Waals surface area (Å²) in [7, 11) is 0. The van der Waals surface area contributed by atoms with Gasteiger partial charge in [0.15, 0.2) is 0 Å². The van der Waals surface area contributed by atoms with Crippen LogP contribution in [-0.2, 0) is 4.79 Å². The predicted octanol–water partition coefficient (Wildman–Crippen LogP) is 13.0. The molecule has 0 saturated heterocycles. The average Bonchev–Trinajstić information content (AvgIpc) is 3.15. The molecule has 4 nitrogen and oxygen atoms in total. The molecule has 0 aliphatic rings. The van der Waals surface area contributed by atoms with E-state index in [-0.39, 0.29) is 12.5 Å². The third kappa shape index (κ3) is 38.0. The van der Waals surface area contributed by atoms with Crippen molar-refractivity contribution >= 4 is 5.91 Å². The first-order valence-electron chi connectivity index (χ1n) is 20.7. The van der Waals surface area contributed by atoms with Gasteiger partial charge >= 0.3 is 0 Å². The van der Waals surface area contributed by atoms with Crippen molar-refractivity contribution in [2.24, 2.45) is 0 Å². The Morgan fingerprint density at radius 1 is 0.481 bits per heavy atom. The van der Waals surface area contributed by atoms with Crippen molar-refractivity contribution in [2.45, 2.75) is 167 Å². The standard InChI is InChI=1S/C48H77NO3/c1-3-5-7-9-11-12-13-14-15-16-17-18-19-20-21-22-23-24-25-26-27-28-29-30-31-32-33-34-35-36-38-40-42-44-48(52)49-46(45-50)47(51)43-41-39-37-10-8-6-4-2/h5,7-8,10-12,14-15,17-18,20-21,23-24,26-27,29-30,41,43,46-47,50-51H,3-4,6,9,13,16,19,22,25,28,31-40,42,44-45H2,1-2H3,(H,49,52)/b7-5-,10-8+,12-11-,15-14-,18-17-,21-20-,24-23-,27-26-,30-29-,43-41+. The van der Waals surface area contributed by atoms with Gasteiger partial charge in [-0.05, 0) is 89.9 Å². The molecule has 3 N–H and O–H groups in total. The fourth-order valence-corrected chi connectivity index (χ4v) is 5.27. The Morgan fingerprint density at radius 3 is 1.33 bits per heavy atom. The molecule has 0 spiro atoms. The lowest BCUT2D eigenvalue weighted by molar-refractivity contribution is -0.123. The first-order valence-corrected chi connectivity index (χ1v) is 20.7. The second-order valence-electron chi connectivity index (χ2n) is 13.3. The van der Waals surface area contributed by atoms with Crippen LogP contribution >= 0.6 is 0 Å². The van der Waals surface area contributed by atoms with Gasteiger partial charge in [-0.25, -0.2) is 0 Å². The number of unbranched alkanes of at least 4 members (excludes halogenated alkanes) is 10. The van der Waals surface area contributed by atoms with E-state index in [2.05, 4.69) is 129 Å². The highest BCUT2D eigenvalue weighted by molar-refractivity contribution is 5.76. The fourth-order valence-electron chi connectivity index (χ4n) is 5.27. The normalized spacial score (nSPS) is 14.3. The molecule has 52 heavy (non-hydrogen) atoms. The highest BCUT2D eigenvalue weighted by Gasteiger charge is 2.17. The van der Waals surface area contributed by atoms with Gasteiger partial charge < -0.3 is 15.5 Å². The van der Waals surface area contributed by atoms with Crippen LogP contribution in [0.5, 0.6) is 0 Å². The zero-order chi connectivity index (χ0) is 37.8. The van der Waals surface area contributed by atoms with Crippen molar-refractivity contribution in [3.8, 4) is 0 Å². The molecule has 0 saturated carbocycles. The van der Waals surface area contributed by atoms with Crippen LogP contribution in [-0.4, -0.2) is 34.9 Å². The van der Waals surface area contributed by atoms with Crippen LogP contribution in [0.2, 0.25) is 0 Å². The largest absolute Gasteiger partial charge is 0.394 e. The van der Waals surface area contributed by atoms with Crippen molar-refractivity contribution < 1.29 is 15.0 Å². The molecule has 1 amide bonds. The molecule has 0 heterocycles. The van der Waals surface area contributed by atoms with Crippen molar-refractivity contribution in [3.05, 3.63) is 122 Å². The molecule has 4 heteroatoms. The number of carbonyl (C=O) groups excluding carboxylic acids is 1. The van der Waals surface area contributed by atoms with E-state index in [1.807, 2.05) is 6.08 Å². The van der Waals surface area contributed by atoms with Crippen LogP contribution in [0.1, 0.15) is 155 Å². The van der Waals surface area contributed by atoms with Gasteiger partial charge in [0, 0.05) is 6.42 Å². The molecule has 0 radical (unpaired) electrons. The van der Waals surface area contributed by atoms with E-state index in [1.54, 1.807) is 6.08 Å². The van der Waals surface area contributed by atoms with E-state index in [4.69, 9.17) is 0 Å². The van der Waals surface area contributed by atoms with Gasteiger partial charge in [-0.2, -0.15) is 0 Å². The smallest absolute Gasteiger partial charge is 0.220 e. The van der Waals surface area contributed by atoms with Crippen molar-refractivity contribution in [3.63, 3.8) is 0 Å². The van der Waals surface area contributed by atoms with Gasteiger partial charge in [-0.3, -0.25) is 4.79 Å². The fraction of sp³-hybridized carbons (Fsp3) is 0.562. The Balaban J connectivity index is 3.64. The van der Waals surface area contributed by atoms with Gasteiger partial charge in [0.1, 0.15) is 0 Å². The Labute approximate surface area is 320 Å². The minimum absolute atomic E-state index is 0.0950. The van der Waals surface area contributed by atoms with E-state index >= 15 is 0 Å². The summed E-state index contributed by atoms with van der Waals surface area (Å²) in [6.07, 6.45) is 66.1. The van der Waals surface area contributed by atoms with E-state index in [1.165, 1.54) is 32.1 Å². The van der Waals surface area contributed by atoms with E-state index < -0.39 is 12.1 Å². The van der Waals surface area contributed by atoms with E-state index in [0.29, 0.717) is 6.42 Å². The van der Waals surface area contributed by atoms with Crippen LogP contribution in [0, 0.1) is 0 Å². The van der Waals surface area contributed by atoms with Gasteiger partial charge in [0.2, 0.25) is 5.91 Å². The second kappa shape index (κ2) is 42.2. The molecule has 2 atom stereocenters. The number of hydrogen-bond acceptors (Lipinski definition) is 3. The lowest BCUT2D eigenvalue weighted by Gasteiger charge is -2.19. The zero-order valence-corrected chi connectivity index (χ0v) is 33.3. The summed E-state index contributed by atoms with van der Waals surface area (Å²) in [5.41, 5.74) is 0. The van der Waals surface area contributed by atoms with Crippen LogP contribution in [0.4, 0.5) is 0 Å². The summed E-state index contributed by atoms with van der Waals surface area (Å²) >= 11 is 0. The van der Waals surface area contributed by atoms with Gasteiger partial charge in [0.05, 0.1) is 18.8 Å². The third-order valence-corrected chi connectivity index (χ3v) is 8.41. The van der Waals surface area contributed by atoms with Crippen LogP contribution in [0.15, 0.2) is 122 Å². The Morgan fingerprint density at radius 2 is 0.865 bits per heavy atom. The summed E-state index contributed by atoms with van der Waals surface area (Å²) in [6, 6.07) is -0.648. The number of allylic oxidation sites excluding steroid dienone is 19. The average molecular weight is 716 g/mol. The number of nitrogens with one attached hydrogen (secondary N) is 1. The van der Waals surface area contributed by atoms with E-state index in [9.17, 15) is 15.0 Å². The SMILES string of the molecule is CC/C=C\C/C=C\C/C=C\C/C=C\C/C=C\C/C=C\C/C=C\C/C=C\CCCCCCCCCCC(=O)NC(CO)C(O)/C=C/CC/C=C/CCC. The molecule has 0 rings (SSSR count). The van der Waals surface area contributed by atoms with Crippen molar-refractivity contribution in [1.29, 1.82) is 0 Å². The maximum atomic E-state index is 12.3. The summed E-state index contributed by atoms with van der Waals surface area (Å²) in [6.45, 7) is 4.05. The number of aliphatic hydroxyl groups is 2. The molecule has 0 aliphatic carbocycles. The molecular weight excluding hydrogens is 639 g/mol. The highest BCUT2D eigenvalue weighted by atomic mass is 16.3. The predicted molar refractivity (Wildman–Crippen MR) is 229 cm³/mol. The summed E-state index contributed by atoms with van der Waals surface area (Å²) < 4.78 is 0. The lowest BCUT2D eigenvalue weighted by Crippen LogP contribution is -2.45. The Kier molecular flexibility index (Phi) is 39.6. The summed E-state index contributed by atoms with van der Waals surface area (Å²) in [4.78, 5) is 12.3. The highest BCUT2D eigenvalue weighted by Crippen LogP contribution is 2.11. The molecular formula is C48H77NO3. The van der Waals surface area contributed by atoms with Crippen molar-refractivity contribution in [2.75, 3.05) is 6.61 Å². The molecule has 2 unspecified atom stereocenters. The van der Waals surface area contributed by atoms with Crippen molar-refractivity contribution in [1.82, 2.24) is 5.32 Å². The van der Waals surface area contributed by atoms with Crippen LogP contribution in [0.25, 0.3) is 0 Å². The number of amides is 1. The minimum Gasteiger partial charge on any atom is -0.394 e. The van der Waals surface area contributed by atoms with E-state index in [0.717, 1.165) is 103 Å². The Bertz CT molecular complexity index is 1080. The second-order valence-corrected chi connectivity index (χ2v) is 13.3. The number of carbonyl (C=O) groups is 1. The quantitative estimate of drug-likeness (QED) is 0.0452. The summed E-state index contributed by atoms with van der Waals surface area (Å²) in [5.74, 6) is -0.0950. The topological polar surface area (TPSA) is 69.6 Å². The van der Waals surface area contributed by atoms with Crippen LogP contribution < -0.4 is 5.32 Å². The molecule has 0 aromatic heterocycles. The third-order valence-electron chi connectivity index (χ3n) is 8.41. The minimum atomic E-state index is -0.870.